The van der Waals surface area contributed by atoms with E-state index in [2.05, 4.69) is 9.88 Å². The zero-order valence-corrected chi connectivity index (χ0v) is 22.2. The first-order chi connectivity index (χ1) is 18.6. The number of fused-ring (bicyclic) bond motifs is 1. The third-order valence-electron chi connectivity index (χ3n) is 7.37. The van der Waals surface area contributed by atoms with Gasteiger partial charge in [-0.2, -0.15) is 0 Å². The van der Waals surface area contributed by atoms with Crippen molar-refractivity contribution in [1.29, 1.82) is 0 Å². The maximum atomic E-state index is 15.6. The number of nitrogens with zero attached hydrogens (tertiary/aromatic N) is 2. The van der Waals surface area contributed by atoms with Gasteiger partial charge in [-0.25, -0.2) is 22.0 Å². The summed E-state index contributed by atoms with van der Waals surface area (Å²) in [6.45, 7) is 1.55. The molecule has 4 rings (SSSR count). The molecule has 0 radical (unpaired) electrons. The summed E-state index contributed by atoms with van der Waals surface area (Å²) in [5.41, 5.74) is -0.341. The van der Waals surface area contributed by atoms with Crippen molar-refractivity contribution in [3.63, 3.8) is 0 Å². The first kappa shape index (κ1) is 29.1. The number of aliphatic carboxylic acids is 1. The summed E-state index contributed by atoms with van der Waals surface area (Å²) < 4.78 is 76.4. The number of hydrogen-bond acceptors (Lipinski definition) is 5. The van der Waals surface area contributed by atoms with Crippen molar-refractivity contribution in [2.75, 3.05) is 32.5 Å². The van der Waals surface area contributed by atoms with Gasteiger partial charge in [-0.1, -0.05) is 0 Å². The topological polar surface area (TPSA) is 62.7 Å². The smallest absolute Gasteiger partial charge is 0.303 e. The number of methoxy groups -OCH3 is 1. The Morgan fingerprint density at radius 3 is 2.46 bits per heavy atom. The first-order valence-corrected chi connectivity index (χ1v) is 13.6. The number of likely N-dealkylation sites (tertiary alicyclic amines) is 1. The van der Waals surface area contributed by atoms with Gasteiger partial charge in [0.15, 0.2) is 0 Å². The number of ether oxygens (including phenoxy) is 1. The van der Waals surface area contributed by atoms with E-state index in [1.54, 1.807) is 18.2 Å². The number of thioether (sulfide) groups is 1. The van der Waals surface area contributed by atoms with E-state index in [1.165, 1.54) is 7.11 Å². The fourth-order valence-electron chi connectivity index (χ4n) is 5.22. The Hall–Kier alpha value is -2.92. The maximum Gasteiger partial charge on any atom is 0.303 e. The van der Waals surface area contributed by atoms with Crippen molar-refractivity contribution >= 4 is 28.6 Å². The molecule has 2 heterocycles. The molecule has 210 valence electrons. The molecule has 2 aromatic carbocycles. The summed E-state index contributed by atoms with van der Waals surface area (Å²) in [4.78, 5) is 17.5. The molecule has 1 atom stereocenters. The third-order valence-corrected chi connectivity index (χ3v) is 8.43. The van der Waals surface area contributed by atoms with Crippen LogP contribution in [0.5, 0.6) is 5.75 Å². The van der Waals surface area contributed by atoms with Gasteiger partial charge in [0.2, 0.25) is 0 Å². The third kappa shape index (κ3) is 7.00. The molecule has 5 nitrogen and oxygen atoms in total. The second kappa shape index (κ2) is 12.5. The number of aromatic nitrogens is 1. The fraction of sp³-hybridized carbons (Fsp3) is 0.429. The average Bonchev–Trinajstić information content (AvgIpc) is 2.89. The monoisotopic (exact) mass is 568 g/mol. The molecule has 0 saturated carbocycles. The lowest BCUT2D eigenvalue weighted by Crippen LogP contribution is -2.42. The van der Waals surface area contributed by atoms with Crippen molar-refractivity contribution in [3.05, 3.63) is 65.4 Å². The number of carboxylic acids is 1. The SMILES string of the molecule is COc1ccc2ncc(F)c([C@@H](F)CCC3(CC(=O)O)CCN(CCSc4c(F)cc(F)cc4F)CC3)c2c1. The van der Waals surface area contributed by atoms with Gasteiger partial charge in [-0.3, -0.25) is 9.78 Å². The molecule has 1 fully saturated rings. The van der Waals surface area contributed by atoms with E-state index in [4.69, 9.17) is 4.74 Å². The number of piperidine rings is 1. The van der Waals surface area contributed by atoms with Crippen LogP contribution in [0.1, 0.15) is 43.8 Å². The van der Waals surface area contributed by atoms with Crippen LogP contribution in [0.3, 0.4) is 0 Å². The molecule has 0 bridgehead atoms. The second-order valence-corrected chi connectivity index (χ2v) is 11.0. The van der Waals surface area contributed by atoms with Crippen molar-refractivity contribution < 1.29 is 36.6 Å². The molecule has 3 aromatic rings. The number of carbonyl (C=O) groups is 1. The van der Waals surface area contributed by atoms with E-state index in [9.17, 15) is 27.5 Å². The summed E-state index contributed by atoms with van der Waals surface area (Å²) in [7, 11) is 1.46. The van der Waals surface area contributed by atoms with Gasteiger partial charge in [-0.05, 0) is 62.4 Å². The zero-order chi connectivity index (χ0) is 28.2. The molecule has 0 aliphatic carbocycles. The van der Waals surface area contributed by atoms with Crippen molar-refractivity contribution in [2.45, 2.75) is 43.2 Å². The van der Waals surface area contributed by atoms with E-state index >= 15 is 4.39 Å². The molecule has 0 spiro atoms. The molecule has 11 heteroatoms. The minimum absolute atomic E-state index is 0.0561. The number of rotatable bonds is 11. The molecular weight excluding hydrogens is 539 g/mol. The second-order valence-electron chi connectivity index (χ2n) is 9.87. The lowest BCUT2D eigenvalue weighted by Gasteiger charge is -2.41. The molecular formula is C28H29F5N2O3S. The Bertz CT molecular complexity index is 1310. The van der Waals surface area contributed by atoms with Crippen LogP contribution in [0.2, 0.25) is 0 Å². The van der Waals surface area contributed by atoms with Crippen molar-refractivity contribution in [1.82, 2.24) is 9.88 Å². The fourth-order valence-corrected chi connectivity index (χ4v) is 6.17. The number of halogens is 5. The Morgan fingerprint density at radius 1 is 1.13 bits per heavy atom. The number of pyridine rings is 1. The van der Waals surface area contributed by atoms with E-state index in [1.807, 2.05) is 0 Å². The molecule has 0 unspecified atom stereocenters. The summed E-state index contributed by atoms with van der Waals surface area (Å²) in [6, 6.07) is 6.11. The highest BCUT2D eigenvalue weighted by molar-refractivity contribution is 7.99. The lowest BCUT2D eigenvalue weighted by molar-refractivity contribution is -0.141. The largest absolute Gasteiger partial charge is 0.497 e. The Labute approximate surface area is 227 Å². The molecule has 1 aliphatic heterocycles. The van der Waals surface area contributed by atoms with Crippen LogP contribution < -0.4 is 4.74 Å². The van der Waals surface area contributed by atoms with Crippen molar-refractivity contribution in [2.24, 2.45) is 5.41 Å². The van der Waals surface area contributed by atoms with Gasteiger partial charge in [0.05, 0.1) is 30.1 Å². The molecule has 1 aromatic heterocycles. The lowest BCUT2D eigenvalue weighted by atomic mass is 9.71. The van der Waals surface area contributed by atoms with E-state index < -0.39 is 40.8 Å². The molecule has 1 aliphatic rings. The van der Waals surface area contributed by atoms with Crippen LogP contribution in [0.25, 0.3) is 10.9 Å². The van der Waals surface area contributed by atoms with Crippen LogP contribution in [-0.4, -0.2) is 53.5 Å². The summed E-state index contributed by atoms with van der Waals surface area (Å²) >= 11 is 0.952. The van der Waals surface area contributed by atoms with Gasteiger partial charge in [0.1, 0.15) is 35.2 Å². The molecule has 0 amide bonds. The number of alkyl halides is 1. The highest BCUT2D eigenvalue weighted by Gasteiger charge is 2.37. The van der Waals surface area contributed by atoms with Gasteiger partial charge < -0.3 is 14.7 Å². The minimum Gasteiger partial charge on any atom is -0.497 e. The van der Waals surface area contributed by atoms with E-state index in [0.717, 1.165) is 18.0 Å². The van der Waals surface area contributed by atoms with Gasteiger partial charge in [-0.15, -0.1) is 11.8 Å². The molecule has 1 N–H and O–H groups in total. The minimum atomic E-state index is -1.66. The average molecular weight is 569 g/mol. The Kier molecular flexibility index (Phi) is 9.32. The quantitative estimate of drug-likeness (QED) is 0.200. The van der Waals surface area contributed by atoms with Crippen LogP contribution in [0, 0.1) is 28.7 Å². The maximum absolute atomic E-state index is 15.6. The summed E-state index contributed by atoms with van der Waals surface area (Å²) in [5, 5.41) is 9.89. The highest BCUT2D eigenvalue weighted by Crippen LogP contribution is 2.43. The number of hydrogen-bond donors (Lipinski definition) is 1. The van der Waals surface area contributed by atoms with Crippen molar-refractivity contribution in [3.8, 4) is 5.75 Å². The zero-order valence-electron chi connectivity index (χ0n) is 21.4. The number of benzene rings is 2. The normalized spacial score (nSPS) is 16.4. The van der Waals surface area contributed by atoms with Gasteiger partial charge in [0.25, 0.3) is 0 Å². The van der Waals surface area contributed by atoms with Crippen LogP contribution in [-0.2, 0) is 4.79 Å². The number of carboxylic acid groups (broad SMARTS) is 1. The van der Waals surface area contributed by atoms with Gasteiger partial charge in [0, 0.05) is 35.4 Å². The Morgan fingerprint density at radius 2 is 1.82 bits per heavy atom. The van der Waals surface area contributed by atoms with Crippen LogP contribution in [0.4, 0.5) is 22.0 Å². The van der Waals surface area contributed by atoms with E-state index in [-0.39, 0.29) is 29.7 Å². The predicted molar refractivity (Wildman–Crippen MR) is 139 cm³/mol. The summed E-state index contributed by atoms with van der Waals surface area (Å²) in [6.07, 6.45) is 0.364. The highest BCUT2D eigenvalue weighted by atomic mass is 32.2. The first-order valence-electron chi connectivity index (χ1n) is 12.6. The molecule has 1 saturated heterocycles. The Balaban J connectivity index is 1.39. The van der Waals surface area contributed by atoms with E-state index in [0.29, 0.717) is 67.0 Å². The van der Waals surface area contributed by atoms with Gasteiger partial charge >= 0.3 is 5.97 Å². The van der Waals surface area contributed by atoms with Crippen LogP contribution in [0.15, 0.2) is 41.4 Å². The predicted octanol–water partition coefficient (Wildman–Crippen LogP) is 6.94. The van der Waals surface area contributed by atoms with Crippen LogP contribution >= 0.6 is 11.8 Å². The standard InChI is InChI=1S/C28H29F5N2O3S/c1-38-18-2-3-24-19(14-18)26(23(33)16-34-24)20(30)4-5-28(15-25(36)37)6-8-35(9-7-28)10-11-39-27-21(31)12-17(29)13-22(27)32/h2-3,12-14,16,20H,4-11,15H2,1H3,(H,36,37)/t20-/m0/s1. The summed E-state index contributed by atoms with van der Waals surface area (Å²) in [5.74, 6) is -3.82. The molecule has 39 heavy (non-hydrogen) atoms.